The van der Waals surface area contributed by atoms with Gasteiger partial charge in [-0.3, -0.25) is 9.00 Å². The first kappa shape index (κ1) is 16.5. The van der Waals surface area contributed by atoms with E-state index in [-0.39, 0.29) is 11.9 Å². The zero-order valence-corrected chi connectivity index (χ0v) is 13.1. The molecular formula is C14H22N2O3S. The number of amides is 1. The van der Waals surface area contributed by atoms with Crippen molar-refractivity contribution in [3.63, 3.8) is 0 Å². The Morgan fingerprint density at radius 1 is 1.45 bits per heavy atom. The second-order valence-electron chi connectivity index (χ2n) is 4.66. The highest BCUT2D eigenvalue weighted by Crippen LogP contribution is 2.24. The molecule has 1 amide bonds. The number of nitrogens with one attached hydrogen (secondary N) is 1. The number of rotatable bonds is 6. The molecule has 0 heterocycles. The molecule has 0 aliphatic rings. The second-order valence-corrected chi connectivity index (χ2v) is 6.40. The van der Waals surface area contributed by atoms with Crippen molar-refractivity contribution in [1.82, 2.24) is 5.32 Å². The molecule has 5 nitrogen and oxygen atoms in total. The lowest BCUT2D eigenvalue weighted by Crippen LogP contribution is -2.40. The molecule has 0 bridgehead atoms. The number of hydrogen-bond donors (Lipinski definition) is 2. The topological polar surface area (TPSA) is 81.4 Å². The molecule has 3 N–H and O–H groups in total. The van der Waals surface area contributed by atoms with Crippen molar-refractivity contribution in [2.45, 2.75) is 43.4 Å². The quantitative estimate of drug-likeness (QED) is 0.783. The Hall–Kier alpha value is -1.56. The van der Waals surface area contributed by atoms with Crippen molar-refractivity contribution in [2.75, 3.05) is 12.8 Å². The fraction of sp³-hybridized carbons (Fsp3) is 0.500. The van der Waals surface area contributed by atoms with E-state index in [4.69, 9.17) is 10.5 Å². The van der Waals surface area contributed by atoms with Crippen molar-refractivity contribution in [3.8, 4) is 5.75 Å². The van der Waals surface area contributed by atoms with Crippen molar-refractivity contribution in [3.05, 3.63) is 18.2 Å². The molecule has 0 radical (unpaired) electrons. The minimum Gasteiger partial charge on any atom is -0.497 e. The predicted molar refractivity (Wildman–Crippen MR) is 81.2 cm³/mol. The number of anilines is 1. The number of nitrogen functional groups attached to an aromatic ring is 1. The number of methoxy groups -OCH3 is 1. The number of carbonyl (C=O) groups excluding carboxylic acids is 1. The minimum absolute atomic E-state index is 0.0598. The zero-order valence-electron chi connectivity index (χ0n) is 12.3. The summed E-state index contributed by atoms with van der Waals surface area (Å²) in [7, 11) is 0.00793. The van der Waals surface area contributed by atoms with E-state index in [0.29, 0.717) is 16.3 Å². The van der Waals surface area contributed by atoms with Gasteiger partial charge in [0, 0.05) is 11.7 Å². The summed E-state index contributed by atoms with van der Waals surface area (Å²) in [5, 5.41) is 2.16. The molecule has 3 atom stereocenters. The maximum absolute atomic E-state index is 12.5. The Balaban J connectivity index is 2.91. The molecule has 1 rings (SSSR count). The van der Waals surface area contributed by atoms with Gasteiger partial charge in [-0.05, 0) is 38.5 Å². The highest BCUT2D eigenvalue weighted by molar-refractivity contribution is 7.86. The van der Waals surface area contributed by atoms with Gasteiger partial charge in [-0.25, -0.2) is 0 Å². The van der Waals surface area contributed by atoms with Gasteiger partial charge in [-0.2, -0.15) is 0 Å². The highest BCUT2D eigenvalue weighted by Gasteiger charge is 2.24. The van der Waals surface area contributed by atoms with Crippen LogP contribution in [-0.2, 0) is 15.6 Å². The number of ether oxygens (including phenoxy) is 1. The van der Waals surface area contributed by atoms with Crippen molar-refractivity contribution in [1.29, 1.82) is 0 Å². The Kier molecular flexibility index (Phi) is 6.01. The van der Waals surface area contributed by atoms with Crippen molar-refractivity contribution >= 4 is 22.4 Å². The molecular weight excluding hydrogens is 276 g/mol. The molecule has 20 heavy (non-hydrogen) atoms. The third-order valence-electron chi connectivity index (χ3n) is 3.13. The van der Waals surface area contributed by atoms with Crippen LogP contribution >= 0.6 is 0 Å². The highest BCUT2D eigenvalue weighted by atomic mass is 32.2. The largest absolute Gasteiger partial charge is 0.497 e. The first-order valence-corrected chi connectivity index (χ1v) is 7.76. The van der Waals surface area contributed by atoms with Gasteiger partial charge in [0.25, 0.3) is 0 Å². The van der Waals surface area contributed by atoms with E-state index < -0.39 is 16.0 Å². The molecule has 0 aliphatic heterocycles. The number of nitrogens with two attached hydrogens (primary N) is 1. The van der Waals surface area contributed by atoms with Gasteiger partial charge in [-0.1, -0.05) is 6.92 Å². The van der Waals surface area contributed by atoms with Gasteiger partial charge in [-0.15, -0.1) is 0 Å². The monoisotopic (exact) mass is 298 g/mol. The Morgan fingerprint density at radius 3 is 2.65 bits per heavy atom. The lowest BCUT2D eigenvalue weighted by Gasteiger charge is -2.17. The summed E-state index contributed by atoms with van der Waals surface area (Å²) in [5.74, 6) is 0.331. The van der Waals surface area contributed by atoms with E-state index in [1.807, 2.05) is 13.8 Å². The first-order chi connectivity index (χ1) is 9.40. The summed E-state index contributed by atoms with van der Waals surface area (Å²) in [6.07, 6.45) is 0.826. The van der Waals surface area contributed by atoms with E-state index in [9.17, 15) is 9.00 Å². The maximum atomic E-state index is 12.5. The lowest BCUT2D eigenvalue weighted by atomic mass is 10.2. The van der Waals surface area contributed by atoms with Crippen LogP contribution in [0, 0.1) is 0 Å². The normalized spacial score (nSPS) is 15.2. The molecule has 3 unspecified atom stereocenters. The van der Waals surface area contributed by atoms with Gasteiger partial charge < -0.3 is 15.8 Å². The first-order valence-electron chi connectivity index (χ1n) is 6.55. The number of benzene rings is 1. The predicted octanol–water partition coefficient (Wildman–Crippen LogP) is 1.69. The Morgan fingerprint density at radius 2 is 2.10 bits per heavy atom. The second kappa shape index (κ2) is 7.28. The number of carbonyl (C=O) groups is 1. The summed E-state index contributed by atoms with van der Waals surface area (Å²) < 4.78 is 17.6. The molecule has 0 spiro atoms. The van der Waals surface area contributed by atoms with E-state index >= 15 is 0 Å². The van der Waals surface area contributed by atoms with Crippen LogP contribution < -0.4 is 15.8 Å². The van der Waals surface area contributed by atoms with Gasteiger partial charge in [0.2, 0.25) is 5.91 Å². The van der Waals surface area contributed by atoms with E-state index in [2.05, 4.69) is 5.32 Å². The van der Waals surface area contributed by atoms with Gasteiger partial charge >= 0.3 is 0 Å². The average Bonchev–Trinajstić information content (AvgIpc) is 2.45. The van der Waals surface area contributed by atoms with Crippen molar-refractivity contribution in [2.24, 2.45) is 0 Å². The van der Waals surface area contributed by atoms with Crippen LogP contribution in [0.1, 0.15) is 27.2 Å². The van der Waals surface area contributed by atoms with E-state index in [1.54, 1.807) is 25.1 Å². The van der Waals surface area contributed by atoms with Crippen LogP contribution in [0.15, 0.2) is 23.1 Å². The average molecular weight is 298 g/mol. The minimum atomic E-state index is -1.52. The summed E-state index contributed by atoms with van der Waals surface area (Å²) in [6.45, 7) is 5.52. The molecule has 0 saturated heterocycles. The van der Waals surface area contributed by atoms with Gasteiger partial charge in [0.1, 0.15) is 11.0 Å². The number of hydrogen-bond acceptors (Lipinski definition) is 4. The summed E-state index contributed by atoms with van der Waals surface area (Å²) in [5.41, 5.74) is 6.23. The van der Waals surface area contributed by atoms with Crippen LogP contribution in [0.2, 0.25) is 0 Å². The van der Waals surface area contributed by atoms with E-state index in [0.717, 1.165) is 6.42 Å². The smallest absolute Gasteiger partial charge is 0.236 e. The van der Waals surface area contributed by atoms with Crippen LogP contribution in [0.4, 0.5) is 5.69 Å². The SMILES string of the molecule is CCC(C)NC(=O)C(C)S(=O)c1cc(OC)ccc1N. The molecule has 0 aliphatic carbocycles. The fourth-order valence-electron chi connectivity index (χ4n) is 1.57. The van der Waals surface area contributed by atoms with Crippen molar-refractivity contribution < 1.29 is 13.7 Å². The lowest BCUT2D eigenvalue weighted by molar-refractivity contribution is -0.120. The van der Waals surface area contributed by atoms with Gasteiger partial charge in [0.15, 0.2) is 0 Å². The van der Waals surface area contributed by atoms with Gasteiger partial charge in [0.05, 0.1) is 22.8 Å². The Labute approximate surface area is 122 Å². The molecule has 6 heteroatoms. The third kappa shape index (κ3) is 3.96. The van der Waals surface area contributed by atoms with Crippen LogP contribution in [0.5, 0.6) is 5.75 Å². The molecule has 1 aromatic carbocycles. The molecule has 0 saturated carbocycles. The molecule has 112 valence electrons. The van der Waals surface area contributed by atoms with Crippen LogP contribution in [-0.4, -0.2) is 28.5 Å². The van der Waals surface area contributed by atoms with Crippen LogP contribution in [0.3, 0.4) is 0 Å². The summed E-state index contributed by atoms with van der Waals surface area (Å²) in [4.78, 5) is 12.4. The summed E-state index contributed by atoms with van der Waals surface area (Å²) in [6, 6.07) is 4.99. The standard InChI is InChI=1S/C14H22N2O3S/c1-5-9(2)16-14(17)10(3)20(18)13-8-11(19-4)6-7-12(13)15/h6-10H,5,15H2,1-4H3,(H,16,17). The molecule has 0 aromatic heterocycles. The van der Waals surface area contributed by atoms with Crippen LogP contribution in [0.25, 0.3) is 0 Å². The third-order valence-corrected chi connectivity index (χ3v) is 4.77. The molecule has 0 fully saturated rings. The maximum Gasteiger partial charge on any atom is 0.236 e. The summed E-state index contributed by atoms with van der Waals surface area (Å²) >= 11 is 0. The fourth-order valence-corrected chi connectivity index (χ4v) is 2.74. The Bertz CT molecular complexity index is 505. The zero-order chi connectivity index (χ0) is 15.3. The molecule has 1 aromatic rings. The van der Waals surface area contributed by atoms with E-state index in [1.165, 1.54) is 7.11 Å².